The van der Waals surface area contributed by atoms with Crippen molar-refractivity contribution in [2.45, 2.75) is 51.7 Å². The molecule has 1 saturated carbocycles. The van der Waals surface area contributed by atoms with E-state index in [1.54, 1.807) is 0 Å². The average molecular weight is 172 g/mol. The van der Waals surface area contributed by atoms with Gasteiger partial charge in [-0.15, -0.1) is 0 Å². The lowest BCUT2D eigenvalue weighted by Gasteiger charge is -2.23. The Balaban J connectivity index is 0.000000150. The van der Waals surface area contributed by atoms with Crippen molar-refractivity contribution in [2.24, 2.45) is 5.92 Å². The van der Waals surface area contributed by atoms with Crippen LogP contribution >= 0.6 is 0 Å². The largest absolute Gasteiger partial charge is 0.393 e. The van der Waals surface area contributed by atoms with E-state index < -0.39 is 0 Å². The zero-order valence-electron chi connectivity index (χ0n) is 8.12. The highest BCUT2D eigenvalue weighted by Gasteiger charge is 2.17. The van der Waals surface area contributed by atoms with E-state index in [9.17, 15) is 5.11 Å². The van der Waals surface area contributed by atoms with E-state index in [0.717, 1.165) is 13.0 Å². The molecule has 2 aliphatic rings. The molecule has 1 heterocycles. The molecule has 12 heavy (non-hydrogen) atoms. The summed E-state index contributed by atoms with van der Waals surface area (Å²) >= 11 is 0. The molecule has 72 valence electrons. The van der Waals surface area contributed by atoms with E-state index in [4.69, 9.17) is 4.74 Å². The molecular weight excluding hydrogens is 152 g/mol. The molecule has 0 aromatic carbocycles. The van der Waals surface area contributed by atoms with Crippen LogP contribution in [0.4, 0.5) is 0 Å². The molecule has 1 N–H and O–H groups in total. The maximum atomic E-state index is 9.18. The van der Waals surface area contributed by atoms with Gasteiger partial charge in [0.2, 0.25) is 0 Å². The lowest BCUT2D eigenvalue weighted by atomic mass is 9.88. The van der Waals surface area contributed by atoms with Gasteiger partial charge >= 0.3 is 0 Å². The van der Waals surface area contributed by atoms with Crippen molar-refractivity contribution in [3.05, 3.63) is 0 Å². The third-order valence-corrected chi connectivity index (χ3v) is 2.57. The number of aliphatic hydroxyl groups is 1. The molecule has 1 aliphatic carbocycles. The molecule has 0 aromatic heterocycles. The number of hydrogen-bond donors (Lipinski definition) is 1. The summed E-state index contributed by atoms with van der Waals surface area (Å²) in [5.74, 6) is 0.559. The van der Waals surface area contributed by atoms with E-state index in [0.29, 0.717) is 12.0 Å². The van der Waals surface area contributed by atoms with Crippen LogP contribution < -0.4 is 0 Å². The van der Waals surface area contributed by atoms with Gasteiger partial charge in [0.15, 0.2) is 0 Å². The highest BCUT2D eigenvalue weighted by atomic mass is 16.6. The van der Waals surface area contributed by atoms with E-state index >= 15 is 0 Å². The number of rotatable bonds is 0. The molecular formula is C10H20O2. The summed E-state index contributed by atoms with van der Waals surface area (Å²) in [5.41, 5.74) is 0. The Morgan fingerprint density at radius 3 is 1.92 bits per heavy atom. The van der Waals surface area contributed by atoms with Crippen LogP contribution in [0.2, 0.25) is 0 Å². The predicted molar refractivity (Wildman–Crippen MR) is 49.1 cm³/mol. The van der Waals surface area contributed by atoms with Gasteiger partial charge in [0, 0.05) is 0 Å². The lowest BCUT2D eigenvalue weighted by Crippen LogP contribution is -2.21. The minimum absolute atomic E-state index is 0.00347. The number of ether oxygens (including phenoxy) is 1. The van der Waals surface area contributed by atoms with Crippen molar-refractivity contribution in [1.82, 2.24) is 0 Å². The first-order chi connectivity index (χ1) is 5.70. The Hall–Kier alpha value is -0.0800. The number of aliphatic hydroxyl groups excluding tert-OH is 1. The predicted octanol–water partition coefficient (Wildman–Crippen LogP) is 1.96. The fraction of sp³-hybridized carbons (Fsp3) is 1.00. The quantitative estimate of drug-likeness (QED) is 0.567. The van der Waals surface area contributed by atoms with Gasteiger partial charge in [-0.3, -0.25) is 0 Å². The molecule has 1 saturated heterocycles. The van der Waals surface area contributed by atoms with Gasteiger partial charge in [0.05, 0.1) is 18.8 Å². The van der Waals surface area contributed by atoms with Gasteiger partial charge < -0.3 is 9.84 Å². The van der Waals surface area contributed by atoms with Gasteiger partial charge in [-0.1, -0.05) is 19.8 Å². The van der Waals surface area contributed by atoms with E-state index in [1.165, 1.54) is 19.3 Å². The maximum absolute atomic E-state index is 9.18. The minimum Gasteiger partial charge on any atom is -0.393 e. The van der Waals surface area contributed by atoms with Crippen molar-refractivity contribution in [3.8, 4) is 0 Å². The highest BCUT2D eigenvalue weighted by molar-refractivity contribution is 4.69. The molecule has 3 unspecified atom stereocenters. The summed E-state index contributed by atoms with van der Waals surface area (Å²) in [7, 11) is 0. The number of epoxide rings is 1. The molecule has 0 amide bonds. The molecule has 2 fully saturated rings. The van der Waals surface area contributed by atoms with Gasteiger partial charge in [0.1, 0.15) is 0 Å². The monoisotopic (exact) mass is 172 g/mol. The summed E-state index contributed by atoms with van der Waals surface area (Å²) in [5, 5.41) is 9.18. The second kappa shape index (κ2) is 4.83. The summed E-state index contributed by atoms with van der Waals surface area (Å²) in [6, 6.07) is 0. The zero-order valence-corrected chi connectivity index (χ0v) is 8.12. The van der Waals surface area contributed by atoms with E-state index in [-0.39, 0.29) is 6.10 Å². The van der Waals surface area contributed by atoms with Gasteiger partial charge in [-0.25, -0.2) is 0 Å². The Bertz CT molecular complexity index is 111. The van der Waals surface area contributed by atoms with Crippen molar-refractivity contribution in [2.75, 3.05) is 6.61 Å². The van der Waals surface area contributed by atoms with Crippen LogP contribution in [0, 0.1) is 5.92 Å². The second-order valence-electron chi connectivity index (χ2n) is 3.97. The average Bonchev–Trinajstić information content (AvgIpc) is 2.80. The van der Waals surface area contributed by atoms with Crippen LogP contribution in [0.1, 0.15) is 39.5 Å². The molecule has 0 bridgehead atoms. The Labute approximate surface area is 74.9 Å². The van der Waals surface area contributed by atoms with Crippen LogP contribution in [-0.4, -0.2) is 23.9 Å². The molecule has 0 spiro atoms. The van der Waals surface area contributed by atoms with Crippen LogP contribution in [-0.2, 0) is 4.74 Å². The zero-order chi connectivity index (χ0) is 8.97. The summed E-state index contributed by atoms with van der Waals surface area (Å²) in [6.07, 6.45) is 5.38. The molecule has 2 rings (SSSR count). The lowest BCUT2D eigenvalue weighted by molar-refractivity contribution is 0.0793. The molecule has 3 atom stereocenters. The van der Waals surface area contributed by atoms with Crippen LogP contribution in [0.3, 0.4) is 0 Å². The number of hydrogen-bond acceptors (Lipinski definition) is 2. The topological polar surface area (TPSA) is 32.8 Å². The summed E-state index contributed by atoms with van der Waals surface area (Å²) in [4.78, 5) is 0. The smallest absolute Gasteiger partial charge is 0.0781 e. The molecule has 1 aliphatic heterocycles. The molecule has 2 heteroatoms. The van der Waals surface area contributed by atoms with Crippen molar-refractivity contribution < 1.29 is 9.84 Å². The van der Waals surface area contributed by atoms with Gasteiger partial charge in [-0.2, -0.15) is 0 Å². The third kappa shape index (κ3) is 4.07. The summed E-state index contributed by atoms with van der Waals surface area (Å²) in [6.45, 7) is 5.17. The molecule has 2 nitrogen and oxygen atoms in total. The Morgan fingerprint density at radius 1 is 1.17 bits per heavy atom. The van der Waals surface area contributed by atoms with Crippen molar-refractivity contribution in [1.29, 1.82) is 0 Å². The van der Waals surface area contributed by atoms with Crippen molar-refractivity contribution >= 4 is 0 Å². The second-order valence-corrected chi connectivity index (χ2v) is 3.97. The van der Waals surface area contributed by atoms with Crippen molar-refractivity contribution in [3.63, 3.8) is 0 Å². The fourth-order valence-corrected chi connectivity index (χ4v) is 1.39. The van der Waals surface area contributed by atoms with E-state index in [2.05, 4.69) is 13.8 Å². The van der Waals surface area contributed by atoms with Crippen LogP contribution in [0.25, 0.3) is 0 Å². The minimum atomic E-state index is 0.00347. The fourth-order valence-electron chi connectivity index (χ4n) is 1.39. The molecule has 0 radical (unpaired) electrons. The van der Waals surface area contributed by atoms with Crippen LogP contribution in [0.5, 0.6) is 0 Å². The third-order valence-electron chi connectivity index (χ3n) is 2.57. The summed E-state index contributed by atoms with van der Waals surface area (Å²) < 4.78 is 4.71. The first-order valence-electron chi connectivity index (χ1n) is 5.00. The normalized spacial score (nSPS) is 39.8. The standard InChI is InChI=1S/C7H14O.C3H6O/c1-6-4-2-3-5-7(6)8;1-3-2-4-3/h6-8H,2-5H2,1H3;3H,2H2,1H3. The Kier molecular flexibility index (Phi) is 4.02. The van der Waals surface area contributed by atoms with Crippen LogP contribution in [0.15, 0.2) is 0 Å². The molecule has 0 aromatic rings. The maximum Gasteiger partial charge on any atom is 0.0781 e. The van der Waals surface area contributed by atoms with E-state index in [1.807, 2.05) is 0 Å². The first kappa shape index (κ1) is 10.0. The van der Waals surface area contributed by atoms with Gasteiger partial charge in [-0.05, 0) is 25.7 Å². The SMILES string of the molecule is CC1CCCCC1O.CC1CO1. The highest BCUT2D eigenvalue weighted by Crippen LogP contribution is 2.22. The first-order valence-corrected chi connectivity index (χ1v) is 5.00. The Morgan fingerprint density at radius 2 is 1.67 bits per heavy atom. The van der Waals surface area contributed by atoms with Gasteiger partial charge in [0.25, 0.3) is 0 Å².